The maximum Gasteiger partial charge on any atom is 0.256 e. The zero-order chi connectivity index (χ0) is 21.4. The fourth-order valence-corrected chi connectivity index (χ4v) is 4.88. The van der Waals surface area contributed by atoms with E-state index in [1.54, 1.807) is 18.6 Å². The number of pyridine rings is 1. The highest BCUT2D eigenvalue weighted by Gasteiger charge is 2.49. The van der Waals surface area contributed by atoms with Gasteiger partial charge in [-0.15, -0.1) is 0 Å². The average molecular weight is 436 g/mol. The molecule has 1 atom stereocenters. The molecule has 2 fully saturated rings. The predicted molar refractivity (Wildman–Crippen MR) is 119 cm³/mol. The molecule has 1 aliphatic heterocycles. The van der Waals surface area contributed by atoms with Gasteiger partial charge in [0.2, 0.25) is 0 Å². The van der Waals surface area contributed by atoms with E-state index in [9.17, 15) is 4.79 Å². The van der Waals surface area contributed by atoms with E-state index in [1.807, 2.05) is 37.3 Å². The van der Waals surface area contributed by atoms with Crippen molar-refractivity contribution in [1.82, 2.24) is 24.9 Å². The number of benzene rings is 1. The van der Waals surface area contributed by atoms with Gasteiger partial charge in [-0.25, -0.2) is 0 Å². The van der Waals surface area contributed by atoms with E-state index in [4.69, 9.17) is 11.6 Å². The molecule has 1 saturated heterocycles. The number of hydrogen-bond donors (Lipinski definition) is 0. The van der Waals surface area contributed by atoms with Crippen LogP contribution in [0.5, 0.6) is 0 Å². The molecule has 1 amide bonds. The van der Waals surface area contributed by atoms with E-state index in [0.717, 1.165) is 49.2 Å². The Morgan fingerprint density at radius 3 is 2.68 bits per heavy atom. The van der Waals surface area contributed by atoms with Crippen molar-refractivity contribution in [3.63, 3.8) is 0 Å². The molecule has 2 aromatic heterocycles. The molecule has 1 aromatic carbocycles. The number of aryl methyl sites for hydroxylation is 2. The second-order valence-corrected chi connectivity index (χ2v) is 9.39. The van der Waals surface area contributed by atoms with Crippen molar-refractivity contribution in [3.8, 4) is 5.69 Å². The second kappa shape index (κ2) is 8.08. The largest absolute Gasteiger partial charge is 0.336 e. The molecule has 0 bridgehead atoms. The zero-order valence-corrected chi connectivity index (χ0v) is 18.4. The van der Waals surface area contributed by atoms with Gasteiger partial charge >= 0.3 is 0 Å². The minimum atomic E-state index is 0.0700. The van der Waals surface area contributed by atoms with Crippen LogP contribution < -0.4 is 0 Å². The summed E-state index contributed by atoms with van der Waals surface area (Å²) in [6.07, 6.45) is 11.4. The Morgan fingerprint density at radius 1 is 1.16 bits per heavy atom. The van der Waals surface area contributed by atoms with Crippen molar-refractivity contribution in [2.45, 2.75) is 51.5 Å². The molecule has 31 heavy (non-hydrogen) atoms. The number of hydrogen-bond acceptors (Lipinski definition) is 4. The highest BCUT2D eigenvalue weighted by Crippen LogP contribution is 2.55. The first-order chi connectivity index (χ1) is 15.0. The second-order valence-electron chi connectivity index (χ2n) is 8.95. The first kappa shape index (κ1) is 20.2. The van der Waals surface area contributed by atoms with Crippen LogP contribution in [0.3, 0.4) is 0 Å². The summed E-state index contributed by atoms with van der Waals surface area (Å²) < 4.78 is 0. The lowest BCUT2D eigenvalue weighted by molar-refractivity contribution is 0.0508. The summed E-state index contributed by atoms with van der Waals surface area (Å²) >= 11 is 5.98. The van der Waals surface area contributed by atoms with Crippen LogP contribution in [0, 0.1) is 12.3 Å². The molecule has 0 N–H and O–H groups in total. The molecule has 1 saturated carbocycles. The number of halogens is 1. The SMILES string of the molecule is Cc1ccc(-n2nccn2)c(C(=O)N2CCC3(CC3)CC2CCc2ccc(Cl)cn2)c1. The number of nitrogens with zero attached hydrogens (tertiary/aromatic N) is 5. The smallest absolute Gasteiger partial charge is 0.256 e. The molecular weight excluding hydrogens is 410 g/mol. The molecule has 160 valence electrons. The van der Waals surface area contributed by atoms with Gasteiger partial charge in [0.15, 0.2) is 0 Å². The van der Waals surface area contributed by atoms with Gasteiger partial charge in [0.25, 0.3) is 5.91 Å². The summed E-state index contributed by atoms with van der Waals surface area (Å²) in [5, 5.41) is 9.16. The van der Waals surface area contributed by atoms with Crippen molar-refractivity contribution >= 4 is 17.5 Å². The van der Waals surface area contributed by atoms with Gasteiger partial charge in [0.05, 0.1) is 28.7 Å². The predicted octanol–water partition coefficient (Wildman–Crippen LogP) is 4.64. The lowest BCUT2D eigenvalue weighted by Gasteiger charge is -2.40. The molecule has 3 aromatic rings. The van der Waals surface area contributed by atoms with Crippen LogP contribution in [0.4, 0.5) is 0 Å². The van der Waals surface area contributed by atoms with Gasteiger partial charge in [-0.2, -0.15) is 15.0 Å². The first-order valence-corrected chi connectivity index (χ1v) is 11.3. The fourth-order valence-electron chi connectivity index (χ4n) is 4.77. The average Bonchev–Trinajstić information content (AvgIpc) is 3.29. The number of carbonyl (C=O) groups excluding carboxylic acids is 1. The highest BCUT2D eigenvalue weighted by atomic mass is 35.5. The van der Waals surface area contributed by atoms with Gasteiger partial charge in [0, 0.05) is 24.5 Å². The Labute approximate surface area is 187 Å². The van der Waals surface area contributed by atoms with E-state index in [0.29, 0.717) is 16.0 Å². The number of amides is 1. The van der Waals surface area contributed by atoms with E-state index in [-0.39, 0.29) is 11.9 Å². The van der Waals surface area contributed by atoms with Crippen molar-refractivity contribution in [1.29, 1.82) is 0 Å². The minimum absolute atomic E-state index is 0.0700. The van der Waals surface area contributed by atoms with E-state index < -0.39 is 0 Å². The number of carbonyl (C=O) groups is 1. The topological polar surface area (TPSA) is 63.9 Å². The highest BCUT2D eigenvalue weighted by molar-refractivity contribution is 6.30. The number of likely N-dealkylation sites (tertiary alicyclic amines) is 1. The third-order valence-electron chi connectivity index (χ3n) is 6.75. The summed E-state index contributed by atoms with van der Waals surface area (Å²) in [5.41, 5.74) is 3.91. The Morgan fingerprint density at radius 2 is 1.97 bits per heavy atom. The molecule has 6 nitrogen and oxygen atoms in total. The quantitative estimate of drug-likeness (QED) is 0.585. The van der Waals surface area contributed by atoms with Crippen molar-refractivity contribution < 1.29 is 4.79 Å². The Balaban J connectivity index is 1.41. The Kier molecular flexibility index (Phi) is 5.26. The lowest BCUT2D eigenvalue weighted by atomic mass is 9.85. The van der Waals surface area contributed by atoms with E-state index in [2.05, 4.69) is 20.1 Å². The van der Waals surface area contributed by atoms with Gasteiger partial charge in [-0.1, -0.05) is 23.2 Å². The molecule has 1 aliphatic carbocycles. The summed E-state index contributed by atoms with van der Waals surface area (Å²) in [6.45, 7) is 2.81. The van der Waals surface area contributed by atoms with Crippen LogP contribution >= 0.6 is 11.6 Å². The van der Waals surface area contributed by atoms with Crippen LogP contribution in [0.15, 0.2) is 48.9 Å². The standard InChI is InChI=1S/C24H26ClN5O/c1-17-2-7-22(30-27-11-12-28-30)21(14-17)23(31)29-13-10-24(8-9-24)15-20(29)6-5-19-4-3-18(25)16-26-19/h2-4,7,11-12,14,16,20H,5-6,8-10,13,15H2,1H3. The lowest BCUT2D eigenvalue weighted by Crippen LogP contribution is -2.47. The molecule has 5 rings (SSSR count). The summed E-state index contributed by atoms with van der Waals surface area (Å²) in [7, 11) is 0. The third-order valence-corrected chi connectivity index (χ3v) is 6.97. The van der Waals surface area contributed by atoms with Crippen molar-refractivity contribution in [2.75, 3.05) is 6.54 Å². The maximum atomic E-state index is 13.8. The van der Waals surface area contributed by atoms with Crippen molar-refractivity contribution in [2.24, 2.45) is 5.41 Å². The minimum Gasteiger partial charge on any atom is -0.336 e. The first-order valence-electron chi connectivity index (χ1n) is 10.9. The third kappa shape index (κ3) is 4.22. The molecule has 0 radical (unpaired) electrons. The van der Waals surface area contributed by atoms with Crippen LogP contribution in [0.2, 0.25) is 5.02 Å². The molecule has 1 spiro atoms. The summed E-state index contributed by atoms with van der Waals surface area (Å²) in [6, 6.07) is 9.95. The zero-order valence-electron chi connectivity index (χ0n) is 17.7. The molecule has 1 unspecified atom stereocenters. The van der Waals surface area contributed by atoms with Crippen LogP contribution in [-0.4, -0.2) is 43.4 Å². The van der Waals surface area contributed by atoms with Crippen LogP contribution in [0.25, 0.3) is 5.69 Å². The van der Waals surface area contributed by atoms with Crippen molar-refractivity contribution in [3.05, 3.63) is 70.8 Å². The molecule has 7 heteroatoms. The van der Waals surface area contributed by atoms with Gasteiger partial charge in [-0.05, 0) is 75.1 Å². The van der Waals surface area contributed by atoms with Gasteiger partial charge in [0.1, 0.15) is 0 Å². The number of rotatable bonds is 5. The monoisotopic (exact) mass is 435 g/mol. The molecular formula is C24H26ClN5O. The Bertz CT molecular complexity index is 1080. The molecule has 2 aliphatic rings. The van der Waals surface area contributed by atoms with Gasteiger partial charge in [-0.3, -0.25) is 9.78 Å². The van der Waals surface area contributed by atoms with Crippen LogP contribution in [-0.2, 0) is 6.42 Å². The molecule has 3 heterocycles. The fraction of sp³-hybridized carbons (Fsp3) is 0.417. The summed E-state index contributed by atoms with van der Waals surface area (Å²) in [4.78, 5) is 21.9. The van der Waals surface area contributed by atoms with E-state index in [1.165, 1.54) is 17.6 Å². The number of piperidine rings is 1. The maximum absolute atomic E-state index is 13.8. The normalized spacial score (nSPS) is 19.5. The Hall–Kier alpha value is -2.73. The van der Waals surface area contributed by atoms with E-state index >= 15 is 0 Å². The number of aromatic nitrogens is 4. The van der Waals surface area contributed by atoms with Gasteiger partial charge < -0.3 is 4.90 Å². The summed E-state index contributed by atoms with van der Waals surface area (Å²) in [5.74, 6) is 0.0700. The van der Waals surface area contributed by atoms with Crippen LogP contribution in [0.1, 0.15) is 53.7 Å².